The van der Waals surface area contributed by atoms with Crippen molar-refractivity contribution in [1.29, 1.82) is 0 Å². The van der Waals surface area contributed by atoms with E-state index in [4.69, 9.17) is 14.2 Å². The maximum absolute atomic E-state index is 11.9. The summed E-state index contributed by atoms with van der Waals surface area (Å²) in [5.74, 6) is 0.342. The third-order valence-electron chi connectivity index (χ3n) is 6.26. The monoisotopic (exact) mass is 470 g/mol. The van der Waals surface area contributed by atoms with E-state index in [1.54, 1.807) is 7.11 Å². The Hall–Kier alpha value is -1.10. The molecule has 0 spiro atoms. The lowest BCUT2D eigenvalue weighted by atomic mass is 9.96. The quantitative estimate of drug-likeness (QED) is 0.101. The van der Waals surface area contributed by atoms with Crippen molar-refractivity contribution in [1.82, 2.24) is 0 Å². The van der Waals surface area contributed by atoms with Gasteiger partial charge in [0.1, 0.15) is 0 Å². The van der Waals surface area contributed by atoms with Gasteiger partial charge in [-0.15, -0.1) is 0 Å². The van der Waals surface area contributed by atoms with Gasteiger partial charge in [0.25, 0.3) is 0 Å². The molecule has 0 fully saturated rings. The van der Waals surface area contributed by atoms with E-state index in [2.05, 4.69) is 13.8 Å². The Labute approximate surface area is 204 Å². The molecular weight excluding hydrogens is 416 g/mol. The predicted octanol–water partition coefficient (Wildman–Crippen LogP) is 7.79. The number of carbonyl (C=O) groups is 2. The van der Waals surface area contributed by atoms with Crippen LogP contribution in [0.25, 0.3) is 0 Å². The largest absolute Gasteiger partial charge is 0.466 e. The standard InChI is InChI=1S/C28H54O5/c1-4-6-8-9-10-11-12-13-17-23-32-27(29)19-15-14-16-20-28(30)33-25-22-26(18-7-5-2)21-24-31-3/h26H,4-25H2,1-3H3. The van der Waals surface area contributed by atoms with Crippen LogP contribution in [0.1, 0.15) is 136 Å². The number of rotatable bonds is 25. The van der Waals surface area contributed by atoms with E-state index in [0.717, 1.165) is 51.6 Å². The zero-order chi connectivity index (χ0) is 24.4. The van der Waals surface area contributed by atoms with Crippen LogP contribution in [0.4, 0.5) is 0 Å². The maximum atomic E-state index is 11.9. The van der Waals surface area contributed by atoms with Crippen molar-refractivity contribution in [3.05, 3.63) is 0 Å². The number of esters is 2. The maximum Gasteiger partial charge on any atom is 0.305 e. The highest BCUT2D eigenvalue weighted by Gasteiger charge is 2.10. The molecule has 0 aromatic carbocycles. The van der Waals surface area contributed by atoms with Crippen molar-refractivity contribution in [3.8, 4) is 0 Å². The summed E-state index contributed by atoms with van der Waals surface area (Å²) in [6.07, 6.45) is 20.2. The summed E-state index contributed by atoms with van der Waals surface area (Å²) in [4.78, 5) is 23.7. The van der Waals surface area contributed by atoms with E-state index in [9.17, 15) is 9.59 Å². The smallest absolute Gasteiger partial charge is 0.305 e. The fraction of sp³-hybridized carbons (Fsp3) is 0.929. The highest BCUT2D eigenvalue weighted by atomic mass is 16.5. The second-order valence-corrected chi connectivity index (χ2v) is 9.41. The van der Waals surface area contributed by atoms with E-state index in [0.29, 0.717) is 32.0 Å². The topological polar surface area (TPSA) is 61.8 Å². The van der Waals surface area contributed by atoms with Crippen molar-refractivity contribution in [2.45, 2.75) is 136 Å². The normalized spacial score (nSPS) is 12.0. The molecule has 1 unspecified atom stereocenters. The molecule has 0 aliphatic rings. The Bertz CT molecular complexity index is 430. The SMILES string of the molecule is CCCCCCCCCCCOC(=O)CCCCCC(=O)OCCC(CCCC)CCOC. The highest BCUT2D eigenvalue weighted by molar-refractivity contribution is 5.69. The molecule has 0 N–H and O–H groups in total. The lowest BCUT2D eigenvalue weighted by Gasteiger charge is -2.16. The molecule has 5 heteroatoms. The van der Waals surface area contributed by atoms with Crippen LogP contribution < -0.4 is 0 Å². The number of ether oxygens (including phenoxy) is 3. The summed E-state index contributed by atoms with van der Waals surface area (Å²) in [6, 6.07) is 0. The van der Waals surface area contributed by atoms with Gasteiger partial charge in [-0.25, -0.2) is 0 Å². The van der Waals surface area contributed by atoms with Crippen LogP contribution in [0.5, 0.6) is 0 Å². The average molecular weight is 471 g/mol. The molecular formula is C28H54O5. The Kier molecular flexibility index (Phi) is 24.7. The van der Waals surface area contributed by atoms with Gasteiger partial charge in [-0.05, 0) is 38.0 Å². The molecule has 1 atom stereocenters. The fourth-order valence-electron chi connectivity index (χ4n) is 4.01. The van der Waals surface area contributed by atoms with Gasteiger partial charge >= 0.3 is 11.9 Å². The minimum atomic E-state index is -0.121. The lowest BCUT2D eigenvalue weighted by Crippen LogP contribution is -2.12. The van der Waals surface area contributed by atoms with Crippen LogP contribution in [0, 0.1) is 5.92 Å². The number of unbranched alkanes of at least 4 members (excludes halogenated alkanes) is 11. The van der Waals surface area contributed by atoms with Crippen LogP contribution in [-0.2, 0) is 23.8 Å². The first-order chi connectivity index (χ1) is 16.1. The van der Waals surface area contributed by atoms with Crippen molar-refractivity contribution in [2.24, 2.45) is 5.92 Å². The van der Waals surface area contributed by atoms with E-state index in [1.165, 1.54) is 64.2 Å². The van der Waals surface area contributed by atoms with Crippen molar-refractivity contribution in [2.75, 3.05) is 26.9 Å². The second-order valence-electron chi connectivity index (χ2n) is 9.41. The van der Waals surface area contributed by atoms with Crippen molar-refractivity contribution in [3.63, 3.8) is 0 Å². The fourth-order valence-corrected chi connectivity index (χ4v) is 4.01. The van der Waals surface area contributed by atoms with Gasteiger partial charge in [0.2, 0.25) is 0 Å². The summed E-state index contributed by atoms with van der Waals surface area (Å²) in [5, 5.41) is 0. The van der Waals surface area contributed by atoms with E-state index in [1.807, 2.05) is 0 Å². The van der Waals surface area contributed by atoms with Gasteiger partial charge < -0.3 is 14.2 Å². The van der Waals surface area contributed by atoms with Crippen LogP contribution in [0.2, 0.25) is 0 Å². The summed E-state index contributed by atoms with van der Waals surface area (Å²) in [7, 11) is 1.73. The molecule has 0 heterocycles. The number of carbonyl (C=O) groups excluding carboxylic acids is 2. The van der Waals surface area contributed by atoms with Crippen molar-refractivity contribution < 1.29 is 23.8 Å². The van der Waals surface area contributed by atoms with Gasteiger partial charge in [-0.2, -0.15) is 0 Å². The summed E-state index contributed by atoms with van der Waals surface area (Å²) in [6.45, 7) is 6.26. The molecule has 5 nitrogen and oxygen atoms in total. The highest BCUT2D eigenvalue weighted by Crippen LogP contribution is 2.17. The average Bonchev–Trinajstić information content (AvgIpc) is 2.81. The first kappa shape index (κ1) is 31.9. The van der Waals surface area contributed by atoms with E-state index < -0.39 is 0 Å². The van der Waals surface area contributed by atoms with Gasteiger partial charge in [0.15, 0.2) is 0 Å². The summed E-state index contributed by atoms with van der Waals surface area (Å²) < 4.78 is 15.9. The van der Waals surface area contributed by atoms with Gasteiger partial charge in [0, 0.05) is 26.6 Å². The molecule has 196 valence electrons. The molecule has 0 aliphatic carbocycles. The predicted molar refractivity (Wildman–Crippen MR) is 136 cm³/mol. The van der Waals surface area contributed by atoms with Crippen molar-refractivity contribution >= 4 is 11.9 Å². The molecule has 0 aromatic heterocycles. The molecule has 33 heavy (non-hydrogen) atoms. The number of methoxy groups -OCH3 is 1. The molecule has 0 aromatic rings. The van der Waals surface area contributed by atoms with Gasteiger partial charge in [-0.1, -0.05) is 90.9 Å². The molecule has 0 aliphatic heterocycles. The minimum Gasteiger partial charge on any atom is -0.466 e. The van der Waals surface area contributed by atoms with Crippen LogP contribution >= 0.6 is 0 Å². The molecule has 0 bridgehead atoms. The Morgan fingerprint density at radius 2 is 1.03 bits per heavy atom. The first-order valence-electron chi connectivity index (χ1n) is 13.9. The minimum absolute atomic E-state index is 0.105. The van der Waals surface area contributed by atoms with Crippen LogP contribution in [-0.4, -0.2) is 38.9 Å². The number of hydrogen-bond acceptors (Lipinski definition) is 5. The number of hydrogen-bond donors (Lipinski definition) is 0. The van der Waals surface area contributed by atoms with E-state index >= 15 is 0 Å². The van der Waals surface area contributed by atoms with E-state index in [-0.39, 0.29) is 11.9 Å². The molecule has 0 saturated carbocycles. The summed E-state index contributed by atoms with van der Waals surface area (Å²) >= 11 is 0. The van der Waals surface area contributed by atoms with Gasteiger partial charge in [0.05, 0.1) is 13.2 Å². The second kappa shape index (κ2) is 25.5. The molecule has 0 radical (unpaired) electrons. The first-order valence-corrected chi connectivity index (χ1v) is 13.9. The molecule has 0 amide bonds. The van der Waals surface area contributed by atoms with Gasteiger partial charge in [-0.3, -0.25) is 9.59 Å². The Morgan fingerprint density at radius 3 is 1.61 bits per heavy atom. The molecule has 0 rings (SSSR count). The Morgan fingerprint density at radius 1 is 0.545 bits per heavy atom. The lowest BCUT2D eigenvalue weighted by molar-refractivity contribution is -0.144. The molecule has 0 saturated heterocycles. The summed E-state index contributed by atoms with van der Waals surface area (Å²) in [5.41, 5.74) is 0. The zero-order valence-electron chi connectivity index (χ0n) is 22.2. The zero-order valence-corrected chi connectivity index (χ0v) is 22.2. The third-order valence-corrected chi connectivity index (χ3v) is 6.26. The van der Waals surface area contributed by atoms with Crippen LogP contribution in [0.15, 0.2) is 0 Å². The third kappa shape index (κ3) is 23.8. The van der Waals surface area contributed by atoms with Crippen LogP contribution in [0.3, 0.4) is 0 Å². The Balaban J connectivity index is 3.52.